The van der Waals surface area contributed by atoms with Gasteiger partial charge < -0.3 is 4.74 Å². The van der Waals surface area contributed by atoms with Crippen molar-refractivity contribution in [1.29, 1.82) is 0 Å². The summed E-state index contributed by atoms with van der Waals surface area (Å²) < 4.78 is 6.11. The van der Waals surface area contributed by atoms with Crippen molar-refractivity contribution in [2.75, 3.05) is 7.11 Å². The Morgan fingerprint density at radius 3 is 2.69 bits per heavy atom. The molecule has 2 aromatic rings. The quantitative estimate of drug-likeness (QED) is 0.696. The number of carbonyl (C=O) groups excluding carboxylic acids is 1. The minimum absolute atomic E-state index is 0.176. The van der Waals surface area contributed by atoms with E-state index in [1.54, 1.807) is 10.9 Å². The van der Waals surface area contributed by atoms with E-state index in [2.05, 4.69) is 19.8 Å². The van der Waals surface area contributed by atoms with E-state index in [9.17, 15) is 4.79 Å². The Balaban J connectivity index is 2.29. The highest BCUT2D eigenvalue weighted by molar-refractivity contribution is 5.86. The number of nitrogens with zero attached hydrogens (tertiary/aromatic N) is 4. The molecule has 2 rings (SSSR count). The average Bonchev–Trinajstić information content (AvgIpc) is 2.75. The van der Waals surface area contributed by atoms with Gasteiger partial charge in [0.05, 0.1) is 25.2 Å². The van der Waals surface area contributed by atoms with E-state index >= 15 is 0 Å². The number of carbonyl (C=O) groups is 1. The van der Waals surface area contributed by atoms with Gasteiger partial charge in [-0.15, -0.1) is 0 Å². The van der Waals surface area contributed by atoms with E-state index in [-0.39, 0.29) is 5.69 Å². The van der Waals surface area contributed by atoms with E-state index in [1.807, 2.05) is 13.0 Å². The number of ether oxygens (including phenoxy) is 1. The highest BCUT2D eigenvalue weighted by Gasteiger charge is 2.08. The topological polar surface area (TPSA) is 69.9 Å². The van der Waals surface area contributed by atoms with Crippen LogP contribution in [0.5, 0.6) is 0 Å². The number of hydrogen-bond acceptors (Lipinski definition) is 5. The molecule has 0 aromatic carbocycles. The first-order valence-electron chi connectivity index (χ1n) is 4.63. The highest BCUT2D eigenvalue weighted by atomic mass is 16.5. The summed E-state index contributed by atoms with van der Waals surface area (Å²) in [5, 5.41) is 4.17. The third-order valence-electron chi connectivity index (χ3n) is 1.99. The Morgan fingerprint density at radius 1 is 1.38 bits per heavy atom. The lowest BCUT2D eigenvalue weighted by atomic mass is 10.4. The van der Waals surface area contributed by atoms with Crippen LogP contribution in [0.1, 0.15) is 16.2 Å². The van der Waals surface area contributed by atoms with Crippen molar-refractivity contribution >= 4 is 5.97 Å². The highest BCUT2D eigenvalue weighted by Crippen LogP contribution is 2.03. The first-order chi connectivity index (χ1) is 7.70. The SMILES string of the molecule is COC(=O)c1cnc(-n2ccc(C)n2)cn1. The number of aryl methyl sites for hydroxylation is 1. The van der Waals surface area contributed by atoms with Gasteiger partial charge in [-0.05, 0) is 13.0 Å². The van der Waals surface area contributed by atoms with Crippen LogP contribution in [0.25, 0.3) is 5.82 Å². The summed E-state index contributed by atoms with van der Waals surface area (Å²) in [6, 6.07) is 1.86. The van der Waals surface area contributed by atoms with Gasteiger partial charge in [0.25, 0.3) is 0 Å². The lowest BCUT2D eigenvalue weighted by Gasteiger charge is -2.00. The van der Waals surface area contributed by atoms with E-state index in [0.29, 0.717) is 5.82 Å². The molecule has 0 aliphatic rings. The molecule has 0 bridgehead atoms. The first kappa shape index (κ1) is 10.3. The molecule has 6 nitrogen and oxygen atoms in total. The third-order valence-corrected chi connectivity index (χ3v) is 1.99. The normalized spacial score (nSPS) is 10.1. The largest absolute Gasteiger partial charge is 0.464 e. The number of methoxy groups -OCH3 is 1. The van der Waals surface area contributed by atoms with Crippen LogP contribution in [0.3, 0.4) is 0 Å². The standard InChI is InChI=1S/C10H10N4O2/c1-7-3-4-14(13-7)9-6-11-8(5-12-9)10(15)16-2/h3-6H,1-2H3. The molecule has 82 valence electrons. The van der Waals surface area contributed by atoms with Gasteiger partial charge in [-0.25, -0.2) is 19.4 Å². The zero-order chi connectivity index (χ0) is 11.5. The summed E-state index contributed by atoms with van der Waals surface area (Å²) in [6.07, 6.45) is 4.61. The first-order valence-corrected chi connectivity index (χ1v) is 4.63. The maximum atomic E-state index is 11.1. The zero-order valence-corrected chi connectivity index (χ0v) is 8.91. The van der Waals surface area contributed by atoms with Crippen LogP contribution in [-0.2, 0) is 4.74 Å². The fraction of sp³-hybridized carbons (Fsp3) is 0.200. The van der Waals surface area contributed by atoms with Gasteiger partial charge in [0.2, 0.25) is 0 Å². The second-order valence-corrected chi connectivity index (χ2v) is 3.15. The van der Waals surface area contributed by atoms with Crippen molar-refractivity contribution in [2.24, 2.45) is 0 Å². The molecule has 0 atom stereocenters. The molecule has 0 unspecified atom stereocenters. The Labute approximate surface area is 91.9 Å². The van der Waals surface area contributed by atoms with Gasteiger partial charge in [-0.1, -0.05) is 0 Å². The summed E-state index contributed by atoms with van der Waals surface area (Å²) in [7, 11) is 1.30. The average molecular weight is 218 g/mol. The minimum Gasteiger partial charge on any atom is -0.464 e. The van der Waals surface area contributed by atoms with Gasteiger partial charge >= 0.3 is 5.97 Å². The van der Waals surface area contributed by atoms with Gasteiger partial charge in [-0.3, -0.25) is 0 Å². The van der Waals surface area contributed by atoms with Crippen molar-refractivity contribution in [3.63, 3.8) is 0 Å². The molecule has 0 saturated heterocycles. The number of esters is 1. The van der Waals surface area contributed by atoms with Crippen LogP contribution >= 0.6 is 0 Å². The molecular formula is C10H10N4O2. The number of rotatable bonds is 2. The van der Waals surface area contributed by atoms with Gasteiger partial charge in [-0.2, -0.15) is 5.10 Å². The van der Waals surface area contributed by atoms with Crippen LogP contribution in [0.2, 0.25) is 0 Å². The Hall–Kier alpha value is -2.24. The smallest absolute Gasteiger partial charge is 0.358 e. The molecule has 0 saturated carbocycles. The molecule has 6 heteroatoms. The molecule has 0 spiro atoms. The van der Waals surface area contributed by atoms with Gasteiger partial charge in [0.15, 0.2) is 11.5 Å². The molecule has 0 fully saturated rings. The molecular weight excluding hydrogens is 208 g/mol. The second-order valence-electron chi connectivity index (χ2n) is 3.15. The molecule has 0 amide bonds. The summed E-state index contributed by atoms with van der Waals surface area (Å²) in [4.78, 5) is 19.1. The predicted molar refractivity (Wildman–Crippen MR) is 55.2 cm³/mol. The molecule has 0 N–H and O–H groups in total. The maximum absolute atomic E-state index is 11.1. The van der Waals surface area contributed by atoms with Crippen LogP contribution in [0, 0.1) is 6.92 Å². The lowest BCUT2D eigenvalue weighted by molar-refractivity contribution is 0.0593. The van der Waals surface area contributed by atoms with Gasteiger partial charge in [0, 0.05) is 6.20 Å². The Bertz CT molecular complexity index is 504. The summed E-state index contributed by atoms with van der Waals surface area (Å²) >= 11 is 0. The third kappa shape index (κ3) is 1.90. The molecule has 16 heavy (non-hydrogen) atoms. The fourth-order valence-electron chi connectivity index (χ4n) is 1.19. The zero-order valence-electron chi connectivity index (χ0n) is 8.91. The predicted octanol–water partition coefficient (Wildman–Crippen LogP) is 0.757. The molecule has 0 radical (unpaired) electrons. The Morgan fingerprint density at radius 2 is 2.19 bits per heavy atom. The van der Waals surface area contributed by atoms with Crippen molar-refractivity contribution in [2.45, 2.75) is 6.92 Å². The van der Waals surface area contributed by atoms with E-state index in [0.717, 1.165) is 5.69 Å². The molecule has 0 aliphatic carbocycles. The molecule has 2 heterocycles. The number of aromatic nitrogens is 4. The van der Waals surface area contributed by atoms with Crippen molar-refractivity contribution in [1.82, 2.24) is 19.7 Å². The lowest BCUT2D eigenvalue weighted by Crippen LogP contribution is -2.07. The van der Waals surface area contributed by atoms with Crippen LogP contribution in [0.15, 0.2) is 24.7 Å². The molecule has 2 aromatic heterocycles. The van der Waals surface area contributed by atoms with Crippen LogP contribution < -0.4 is 0 Å². The van der Waals surface area contributed by atoms with Crippen molar-refractivity contribution < 1.29 is 9.53 Å². The van der Waals surface area contributed by atoms with Crippen LogP contribution in [0.4, 0.5) is 0 Å². The van der Waals surface area contributed by atoms with Crippen molar-refractivity contribution in [3.05, 3.63) is 36.0 Å². The van der Waals surface area contributed by atoms with Gasteiger partial charge in [0.1, 0.15) is 0 Å². The second kappa shape index (κ2) is 4.09. The summed E-state index contributed by atoms with van der Waals surface area (Å²) in [6.45, 7) is 1.88. The summed E-state index contributed by atoms with van der Waals surface area (Å²) in [5.41, 5.74) is 1.06. The monoisotopic (exact) mass is 218 g/mol. The summed E-state index contributed by atoms with van der Waals surface area (Å²) in [5.74, 6) is 0.0523. The van der Waals surface area contributed by atoms with E-state index in [1.165, 1.54) is 19.5 Å². The van der Waals surface area contributed by atoms with E-state index in [4.69, 9.17) is 0 Å². The van der Waals surface area contributed by atoms with E-state index < -0.39 is 5.97 Å². The number of hydrogen-bond donors (Lipinski definition) is 0. The maximum Gasteiger partial charge on any atom is 0.358 e. The van der Waals surface area contributed by atoms with Crippen LogP contribution in [-0.4, -0.2) is 32.8 Å². The fourth-order valence-corrected chi connectivity index (χ4v) is 1.19. The molecule has 0 aliphatic heterocycles. The van der Waals surface area contributed by atoms with Crippen molar-refractivity contribution in [3.8, 4) is 5.82 Å². The minimum atomic E-state index is -0.504. The Kier molecular flexibility index (Phi) is 2.63.